The highest BCUT2D eigenvalue weighted by molar-refractivity contribution is 6.42. The molecule has 0 saturated carbocycles. The number of anilines is 1. The fraction of sp³-hybridized carbons (Fsp3) is 0.346. The summed E-state index contributed by atoms with van der Waals surface area (Å²) in [4.78, 5) is 45.9. The number of ether oxygens (including phenoxy) is 1. The third-order valence-corrected chi connectivity index (χ3v) is 7.48. The van der Waals surface area contributed by atoms with Crippen LogP contribution in [0.25, 0.3) is 10.9 Å². The van der Waals surface area contributed by atoms with E-state index in [1.165, 1.54) is 6.07 Å². The molecule has 0 bridgehead atoms. The van der Waals surface area contributed by atoms with Crippen molar-refractivity contribution in [3.63, 3.8) is 0 Å². The lowest BCUT2D eigenvalue weighted by molar-refractivity contribution is -0.127. The van der Waals surface area contributed by atoms with Crippen LogP contribution in [-0.2, 0) is 9.53 Å². The normalized spacial score (nSPS) is 19.8. The average molecular weight is 529 g/mol. The van der Waals surface area contributed by atoms with Gasteiger partial charge in [0, 0.05) is 55.4 Å². The number of piperazine rings is 1. The van der Waals surface area contributed by atoms with E-state index in [1.54, 1.807) is 23.1 Å². The molecule has 3 aromatic rings. The van der Waals surface area contributed by atoms with Crippen LogP contribution in [0.2, 0.25) is 10.0 Å². The molecule has 2 saturated heterocycles. The third kappa shape index (κ3) is 4.93. The molecule has 2 amide bonds. The average Bonchev–Trinajstić information content (AvgIpc) is 2.83. The largest absolute Gasteiger partial charge is 0.376 e. The molecule has 3 heterocycles. The molecule has 8 nitrogen and oxygen atoms in total. The van der Waals surface area contributed by atoms with Gasteiger partial charge in [0.25, 0.3) is 5.91 Å². The fourth-order valence-electron chi connectivity index (χ4n) is 4.64. The van der Waals surface area contributed by atoms with Crippen LogP contribution in [-0.4, -0.2) is 66.6 Å². The van der Waals surface area contributed by atoms with Crippen LogP contribution >= 0.6 is 23.2 Å². The molecule has 1 aromatic heterocycles. The number of benzene rings is 2. The molecule has 2 unspecified atom stereocenters. The lowest BCUT2D eigenvalue weighted by Crippen LogP contribution is -2.61. The molecule has 2 N–H and O–H groups in total. The summed E-state index contributed by atoms with van der Waals surface area (Å²) in [5.74, 6) is -0.625. The van der Waals surface area contributed by atoms with Gasteiger partial charge in [0.15, 0.2) is 0 Å². The lowest BCUT2D eigenvalue weighted by Gasteiger charge is -2.42. The van der Waals surface area contributed by atoms with Gasteiger partial charge in [-0.3, -0.25) is 14.4 Å². The zero-order valence-corrected chi connectivity index (χ0v) is 21.2. The van der Waals surface area contributed by atoms with Crippen LogP contribution in [0, 0.1) is 6.92 Å². The molecule has 10 heteroatoms. The SMILES string of the molecule is Cc1ccc2[nH]c(=O)cc(C(=O)N3CCN(c4ccc(Cl)c(Cl)c4)CC3C(=O)NCC3CCO3)c2c1. The second-order valence-corrected chi connectivity index (χ2v) is 10.00. The van der Waals surface area contributed by atoms with Crippen molar-refractivity contribution < 1.29 is 14.3 Å². The van der Waals surface area contributed by atoms with Gasteiger partial charge >= 0.3 is 0 Å². The van der Waals surface area contributed by atoms with Crippen LogP contribution in [0.3, 0.4) is 0 Å². The Balaban J connectivity index is 1.47. The maximum Gasteiger partial charge on any atom is 0.255 e. The number of fused-ring (bicyclic) bond motifs is 1. The molecule has 188 valence electrons. The highest BCUT2D eigenvalue weighted by atomic mass is 35.5. The quantitative estimate of drug-likeness (QED) is 0.529. The third-order valence-electron chi connectivity index (χ3n) is 6.74. The second kappa shape index (κ2) is 10.1. The smallest absolute Gasteiger partial charge is 0.255 e. The zero-order valence-electron chi connectivity index (χ0n) is 19.7. The van der Waals surface area contributed by atoms with Crippen molar-refractivity contribution in [2.24, 2.45) is 0 Å². The van der Waals surface area contributed by atoms with E-state index in [0.717, 1.165) is 17.7 Å². The molecule has 0 aliphatic carbocycles. The van der Waals surface area contributed by atoms with Crippen molar-refractivity contribution >= 4 is 51.6 Å². The minimum absolute atomic E-state index is 0.00697. The molecule has 2 aromatic carbocycles. The van der Waals surface area contributed by atoms with Gasteiger partial charge in [0.05, 0.1) is 21.7 Å². The topological polar surface area (TPSA) is 94.7 Å². The molecule has 36 heavy (non-hydrogen) atoms. The maximum absolute atomic E-state index is 13.9. The number of halogens is 2. The van der Waals surface area contributed by atoms with E-state index in [1.807, 2.05) is 30.0 Å². The summed E-state index contributed by atoms with van der Waals surface area (Å²) in [7, 11) is 0. The summed E-state index contributed by atoms with van der Waals surface area (Å²) in [6, 6.07) is 11.4. The summed E-state index contributed by atoms with van der Waals surface area (Å²) in [5, 5.41) is 4.45. The van der Waals surface area contributed by atoms with Gasteiger partial charge in [0.1, 0.15) is 6.04 Å². The van der Waals surface area contributed by atoms with Crippen LogP contribution < -0.4 is 15.8 Å². The van der Waals surface area contributed by atoms with E-state index in [4.69, 9.17) is 27.9 Å². The standard InChI is InChI=1S/C26H26Cl2N4O4/c1-15-2-5-22-18(10-15)19(12-24(33)30-22)26(35)32-8-7-31(16-3-4-20(27)21(28)11-16)14-23(32)25(34)29-13-17-6-9-36-17/h2-5,10-12,17,23H,6-9,13-14H2,1H3,(H,29,34)(H,30,33). The molecule has 0 spiro atoms. The first-order valence-corrected chi connectivity index (χ1v) is 12.6. The van der Waals surface area contributed by atoms with Crippen LogP contribution in [0.5, 0.6) is 0 Å². The first kappa shape index (κ1) is 24.6. The Morgan fingerprint density at radius 3 is 2.64 bits per heavy atom. The first-order valence-electron chi connectivity index (χ1n) is 11.8. The molecular formula is C26H26Cl2N4O4. The van der Waals surface area contributed by atoms with E-state index in [9.17, 15) is 14.4 Å². The fourth-order valence-corrected chi connectivity index (χ4v) is 4.94. The van der Waals surface area contributed by atoms with Crippen molar-refractivity contribution in [1.29, 1.82) is 0 Å². The summed E-state index contributed by atoms with van der Waals surface area (Å²) in [6.45, 7) is 4.04. The van der Waals surface area contributed by atoms with Gasteiger partial charge in [0.2, 0.25) is 11.5 Å². The molecule has 0 radical (unpaired) electrons. The number of H-pyrrole nitrogens is 1. The number of aryl methyl sites for hydroxylation is 1. The van der Waals surface area contributed by atoms with Gasteiger partial charge in [-0.25, -0.2) is 0 Å². The van der Waals surface area contributed by atoms with Crippen LogP contribution in [0.4, 0.5) is 5.69 Å². The predicted molar refractivity (Wildman–Crippen MR) is 140 cm³/mol. The van der Waals surface area contributed by atoms with Crippen molar-refractivity contribution in [3.05, 3.63) is 74.0 Å². The number of pyridine rings is 1. The zero-order chi connectivity index (χ0) is 25.4. The number of aromatic nitrogens is 1. The van der Waals surface area contributed by atoms with E-state index < -0.39 is 6.04 Å². The van der Waals surface area contributed by atoms with Crippen LogP contribution in [0.15, 0.2) is 47.3 Å². The monoisotopic (exact) mass is 528 g/mol. The Kier molecular flexibility index (Phi) is 6.92. The van der Waals surface area contributed by atoms with Crippen molar-refractivity contribution in [3.8, 4) is 0 Å². The van der Waals surface area contributed by atoms with E-state index in [2.05, 4.69) is 10.3 Å². The summed E-state index contributed by atoms with van der Waals surface area (Å²) in [6.07, 6.45) is 0.883. The second-order valence-electron chi connectivity index (χ2n) is 9.18. The van der Waals surface area contributed by atoms with Gasteiger partial charge in [-0.2, -0.15) is 0 Å². The van der Waals surface area contributed by atoms with Crippen molar-refractivity contribution in [1.82, 2.24) is 15.2 Å². The van der Waals surface area contributed by atoms with Crippen molar-refractivity contribution in [2.45, 2.75) is 25.5 Å². The maximum atomic E-state index is 13.9. The number of carbonyl (C=O) groups excluding carboxylic acids is 2. The minimum atomic E-state index is -0.778. The Hall–Kier alpha value is -3.07. The number of hydrogen-bond acceptors (Lipinski definition) is 5. The van der Waals surface area contributed by atoms with Gasteiger partial charge in [-0.05, 0) is 43.7 Å². The Bertz CT molecular complexity index is 1390. The molecule has 2 aliphatic rings. The van der Waals surface area contributed by atoms with E-state index in [0.29, 0.717) is 40.6 Å². The number of carbonyl (C=O) groups is 2. The van der Waals surface area contributed by atoms with Gasteiger partial charge < -0.3 is 24.8 Å². The van der Waals surface area contributed by atoms with Crippen molar-refractivity contribution in [2.75, 3.05) is 37.7 Å². The first-order chi connectivity index (χ1) is 17.3. The summed E-state index contributed by atoms with van der Waals surface area (Å²) in [5.41, 5.74) is 2.26. The van der Waals surface area contributed by atoms with Gasteiger partial charge in [-0.15, -0.1) is 0 Å². The Morgan fingerprint density at radius 1 is 1.11 bits per heavy atom. The van der Waals surface area contributed by atoms with E-state index in [-0.39, 0.29) is 42.1 Å². The van der Waals surface area contributed by atoms with Gasteiger partial charge in [-0.1, -0.05) is 34.8 Å². The highest BCUT2D eigenvalue weighted by Crippen LogP contribution is 2.29. The Morgan fingerprint density at radius 2 is 1.92 bits per heavy atom. The number of rotatable bonds is 5. The number of nitrogens with zero attached hydrogens (tertiary/aromatic N) is 2. The number of hydrogen-bond donors (Lipinski definition) is 2. The summed E-state index contributed by atoms with van der Waals surface area (Å²) < 4.78 is 5.43. The number of amides is 2. The molecule has 2 aliphatic heterocycles. The highest BCUT2D eigenvalue weighted by Gasteiger charge is 2.37. The Labute approximate surface area is 218 Å². The number of aromatic amines is 1. The lowest BCUT2D eigenvalue weighted by atomic mass is 10.0. The molecule has 5 rings (SSSR count). The number of nitrogens with one attached hydrogen (secondary N) is 2. The predicted octanol–water partition coefficient (Wildman–Crippen LogP) is 3.38. The summed E-state index contributed by atoms with van der Waals surface area (Å²) >= 11 is 12.3. The molecular weight excluding hydrogens is 503 g/mol. The molecule has 2 atom stereocenters. The van der Waals surface area contributed by atoms with E-state index >= 15 is 0 Å². The minimum Gasteiger partial charge on any atom is -0.376 e. The van der Waals surface area contributed by atoms with Crippen LogP contribution in [0.1, 0.15) is 22.3 Å². The molecule has 2 fully saturated rings.